The molecule has 5 heteroatoms. The number of hydrogen-bond donors (Lipinski definition) is 2. The molecular weight excluding hydrogens is 438 g/mol. The largest absolute Gasteiger partial charge is 0.508 e. The Labute approximate surface area is 208 Å². The van der Waals surface area contributed by atoms with Crippen LogP contribution in [0.1, 0.15) is 57.4 Å². The van der Waals surface area contributed by atoms with Crippen molar-refractivity contribution in [2.45, 2.75) is 52.3 Å². The Morgan fingerprint density at radius 3 is 2.31 bits per heavy atom. The summed E-state index contributed by atoms with van der Waals surface area (Å²) in [6.07, 6.45) is -0.367. The maximum absolute atomic E-state index is 10.1. The highest BCUT2D eigenvalue weighted by atomic mass is 16.5. The zero-order valence-corrected chi connectivity index (χ0v) is 21.4. The fourth-order valence-electron chi connectivity index (χ4n) is 4.45. The van der Waals surface area contributed by atoms with E-state index in [4.69, 9.17) is 9.47 Å². The van der Waals surface area contributed by atoms with Crippen molar-refractivity contribution in [1.82, 2.24) is 4.90 Å². The monoisotopic (exact) mass is 473 g/mol. The summed E-state index contributed by atoms with van der Waals surface area (Å²) in [7, 11) is 2.12. The highest BCUT2D eigenvalue weighted by Gasteiger charge is 2.30. The normalized spacial score (nSPS) is 16.6. The summed E-state index contributed by atoms with van der Waals surface area (Å²) in [5.41, 5.74) is 4.72. The van der Waals surface area contributed by atoms with Crippen molar-refractivity contribution in [1.29, 1.82) is 0 Å². The lowest BCUT2D eigenvalue weighted by Gasteiger charge is -2.36. The standard InChI is InChI=1S/C30H35NO4/c1-19(31(6)30(3,4)5)18-34-25-13-10-21(11-14-25)29-28(22-8-7-9-23(32)16-22)20(2)26-17-24(33)12-15-27(26)35-29/h7-17,19,29,32-33H,18H2,1-6H3/t19-,29?/m0/s1. The van der Waals surface area contributed by atoms with Crippen LogP contribution in [0.15, 0.2) is 66.7 Å². The molecular formula is C30H35NO4. The predicted octanol–water partition coefficient (Wildman–Crippen LogP) is 6.66. The third-order valence-electron chi connectivity index (χ3n) is 6.83. The van der Waals surface area contributed by atoms with E-state index in [1.807, 2.05) is 43.3 Å². The Bertz CT molecular complexity index is 1220. The summed E-state index contributed by atoms with van der Waals surface area (Å²) in [6.45, 7) is 11.4. The molecule has 0 spiro atoms. The van der Waals surface area contributed by atoms with Crippen LogP contribution in [-0.2, 0) is 0 Å². The number of phenolic OH excluding ortho intramolecular Hbond substituents is 2. The van der Waals surface area contributed by atoms with Gasteiger partial charge in [0, 0.05) is 22.7 Å². The van der Waals surface area contributed by atoms with Crippen molar-refractivity contribution in [2.75, 3.05) is 13.7 Å². The Morgan fingerprint density at radius 1 is 0.971 bits per heavy atom. The summed E-state index contributed by atoms with van der Waals surface area (Å²) in [4.78, 5) is 2.31. The van der Waals surface area contributed by atoms with Crippen molar-refractivity contribution >= 4 is 11.1 Å². The average Bonchev–Trinajstić information content (AvgIpc) is 2.82. The molecule has 0 saturated carbocycles. The fourth-order valence-corrected chi connectivity index (χ4v) is 4.45. The van der Waals surface area contributed by atoms with Gasteiger partial charge in [-0.2, -0.15) is 0 Å². The van der Waals surface area contributed by atoms with Gasteiger partial charge in [-0.05, 0) is 101 Å². The van der Waals surface area contributed by atoms with Gasteiger partial charge < -0.3 is 19.7 Å². The second-order valence-corrected chi connectivity index (χ2v) is 10.3. The minimum absolute atomic E-state index is 0.0739. The average molecular weight is 474 g/mol. The summed E-state index contributed by atoms with van der Waals surface area (Å²) >= 11 is 0. The first kappa shape index (κ1) is 24.7. The molecule has 5 nitrogen and oxygen atoms in total. The first-order valence-electron chi connectivity index (χ1n) is 12.0. The number of allylic oxidation sites excluding steroid dienone is 1. The lowest BCUT2D eigenvalue weighted by Crippen LogP contribution is -2.46. The number of phenols is 2. The quantitative estimate of drug-likeness (QED) is 0.419. The van der Waals surface area contributed by atoms with Crippen molar-refractivity contribution in [3.05, 3.63) is 83.4 Å². The minimum Gasteiger partial charge on any atom is -0.508 e. The fraction of sp³-hybridized carbons (Fsp3) is 0.333. The molecule has 3 aromatic carbocycles. The van der Waals surface area contributed by atoms with E-state index in [1.54, 1.807) is 30.3 Å². The summed E-state index contributed by atoms with van der Waals surface area (Å²) in [6, 6.07) is 20.6. The lowest BCUT2D eigenvalue weighted by molar-refractivity contribution is 0.0900. The molecule has 4 rings (SSSR count). The highest BCUT2D eigenvalue weighted by molar-refractivity contribution is 5.95. The second kappa shape index (κ2) is 9.67. The Kier molecular flexibility index (Phi) is 6.82. The van der Waals surface area contributed by atoms with Gasteiger partial charge in [0.05, 0.1) is 0 Å². The predicted molar refractivity (Wildman–Crippen MR) is 141 cm³/mol. The minimum atomic E-state index is -0.367. The molecule has 0 saturated heterocycles. The van der Waals surface area contributed by atoms with Gasteiger partial charge in [0.25, 0.3) is 0 Å². The smallest absolute Gasteiger partial charge is 0.150 e. The maximum Gasteiger partial charge on any atom is 0.150 e. The molecule has 3 aromatic rings. The Morgan fingerprint density at radius 2 is 1.66 bits per heavy atom. The Balaban J connectivity index is 1.63. The van der Waals surface area contributed by atoms with Gasteiger partial charge in [0.15, 0.2) is 0 Å². The third-order valence-corrected chi connectivity index (χ3v) is 6.83. The lowest BCUT2D eigenvalue weighted by atomic mass is 9.86. The maximum atomic E-state index is 10.1. The summed E-state index contributed by atoms with van der Waals surface area (Å²) in [5, 5.41) is 20.2. The van der Waals surface area contributed by atoms with Gasteiger partial charge in [0.1, 0.15) is 35.7 Å². The van der Waals surface area contributed by atoms with Crippen LogP contribution >= 0.6 is 0 Å². The molecule has 184 valence electrons. The van der Waals surface area contributed by atoms with E-state index in [1.165, 1.54) is 0 Å². The van der Waals surface area contributed by atoms with Crippen LogP contribution < -0.4 is 9.47 Å². The molecule has 0 amide bonds. The van der Waals surface area contributed by atoms with Crippen molar-refractivity contribution in [3.8, 4) is 23.0 Å². The zero-order valence-electron chi connectivity index (χ0n) is 21.4. The first-order valence-corrected chi connectivity index (χ1v) is 12.0. The van der Waals surface area contributed by atoms with E-state index in [2.05, 4.69) is 39.6 Å². The summed E-state index contributed by atoms with van der Waals surface area (Å²) in [5.74, 6) is 1.91. The van der Waals surface area contributed by atoms with Gasteiger partial charge >= 0.3 is 0 Å². The molecule has 0 fully saturated rings. The van der Waals surface area contributed by atoms with E-state index in [9.17, 15) is 10.2 Å². The molecule has 35 heavy (non-hydrogen) atoms. The molecule has 0 bridgehead atoms. The van der Waals surface area contributed by atoms with Crippen molar-refractivity contribution in [2.24, 2.45) is 0 Å². The molecule has 1 aliphatic heterocycles. The van der Waals surface area contributed by atoms with Crippen LogP contribution in [0, 0.1) is 0 Å². The molecule has 1 unspecified atom stereocenters. The van der Waals surface area contributed by atoms with E-state index in [-0.39, 0.29) is 29.2 Å². The van der Waals surface area contributed by atoms with Crippen molar-refractivity contribution < 1.29 is 19.7 Å². The van der Waals surface area contributed by atoms with Crippen molar-refractivity contribution in [3.63, 3.8) is 0 Å². The van der Waals surface area contributed by atoms with Crippen LogP contribution in [0.25, 0.3) is 11.1 Å². The number of hydrogen-bond acceptors (Lipinski definition) is 5. The van der Waals surface area contributed by atoms with Gasteiger partial charge in [-0.15, -0.1) is 0 Å². The molecule has 2 N–H and O–H groups in total. The molecule has 2 atom stereocenters. The van der Waals surface area contributed by atoms with Crippen LogP contribution in [0.4, 0.5) is 0 Å². The molecule has 1 aliphatic rings. The van der Waals surface area contributed by atoms with Gasteiger partial charge in [0.2, 0.25) is 0 Å². The second-order valence-electron chi connectivity index (χ2n) is 10.3. The first-order chi connectivity index (χ1) is 16.5. The zero-order chi connectivity index (χ0) is 25.3. The van der Waals surface area contributed by atoms with E-state index in [0.717, 1.165) is 33.6 Å². The molecule has 1 heterocycles. The van der Waals surface area contributed by atoms with Gasteiger partial charge in [-0.1, -0.05) is 24.3 Å². The number of benzene rings is 3. The molecule has 0 aliphatic carbocycles. The number of fused-ring (bicyclic) bond motifs is 1. The van der Waals surface area contributed by atoms with Crippen LogP contribution in [0.2, 0.25) is 0 Å². The number of ether oxygens (including phenoxy) is 2. The van der Waals surface area contributed by atoms with E-state index < -0.39 is 0 Å². The third kappa shape index (κ3) is 5.30. The number of likely N-dealkylation sites (N-methyl/N-ethyl adjacent to an activating group) is 1. The Hall–Kier alpha value is -3.44. The number of aromatic hydroxyl groups is 2. The summed E-state index contributed by atoms with van der Waals surface area (Å²) < 4.78 is 12.5. The topological polar surface area (TPSA) is 62.2 Å². The SMILES string of the molecule is CC1=C(c2cccc(O)c2)C(c2ccc(OC[C@H](C)N(C)C(C)(C)C)cc2)Oc2ccc(O)cc21. The van der Waals surface area contributed by atoms with Crippen LogP contribution in [0.3, 0.4) is 0 Å². The van der Waals surface area contributed by atoms with Gasteiger partial charge in [-0.25, -0.2) is 0 Å². The van der Waals surface area contributed by atoms with Gasteiger partial charge in [-0.3, -0.25) is 4.90 Å². The highest BCUT2D eigenvalue weighted by Crippen LogP contribution is 2.47. The number of nitrogens with zero attached hydrogens (tertiary/aromatic N) is 1. The van der Waals surface area contributed by atoms with Crippen LogP contribution in [0.5, 0.6) is 23.0 Å². The van der Waals surface area contributed by atoms with E-state index in [0.29, 0.717) is 12.4 Å². The number of rotatable bonds is 6. The van der Waals surface area contributed by atoms with Crippen LogP contribution in [-0.4, -0.2) is 40.3 Å². The molecule has 0 radical (unpaired) electrons. The van der Waals surface area contributed by atoms with E-state index >= 15 is 0 Å². The molecule has 0 aromatic heterocycles.